The number of hydrogen-bond donors (Lipinski definition) is 1. The zero-order chi connectivity index (χ0) is 13.1. The van der Waals surface area contributed by atoms with E-state index in [2.05, 4.69) is 17.9 Å². The number of hydrogen-bond acceptors (Lipinski definition) is 3. The van der Waals surface area contributed by atoms with E-state index in [1.165, 1.54) is 12.8 Å². The van der Waals surface area contributed by atoms with Gasteiger partial charge < -0.3 is 14.7 Å². The molecule has 1 fully saturated rings. The van der Waals surface area contributed by atoms with Crippen molar-refractivity contribution < 1.29 is 9.84 Å². The van der Waals surface area contributed by atoms with Crippen LogP contribution in [0.15, 0.2) is 18.2 Å². The molecule has 0 radical (unpaired) electrons. The summed E-state index contributed by atoms with van der Waals surface area (Å²) in [4.78, 5) is 2.42. The largest absolute Gasteiger partial charge is 0.496 e. The van der Waals surface area contributed by atoms with Crippen LogP contribution in [-0.4, -0.2) is 24.8 Å². The minimum absolute atomic E-state index is 0.505. The number of methoxy groups -OCH3 is 1. The molecule has 1 aliphatic rings. The lowest BCUT2D eigenvalue weighted by molar-refractivity contribution is 0.194. The molecule has 100 valence electrons. The van der Waals surface area contributed by atoms with Crippen molar-refractivity contribution in [2.45, 2.75) is 45.3 Å². The fraction of sp³-hybridized carbons (Fsp3) is 0.600. The van der Waals surface area contributed by atoms with Crippen molar-refractivity contribution in [2.75, 3.05) is 18.6 Å². The Bertz CT molecular complexity index is 399. The predicted octanol–water partition coefficient (Wildman–Crippen LogP) is 3.13. The highest BCUT2D eigenvalue weighted by molar-refractivity contribution is 5.61. The van der Waals surface area contributed by atoms with Gasteiger partial charge in [0.25, 0.3) is 0 Å². The summed E-state index contributed by atoms with van der Waals surface area (Å²) in [6.07, 6.45) is 3.13. The highest BCUT2D eigenvalue weighted by Crippen LogP contribution is 2.39. The highest BCUT2D eigenvalue weighted by atomic mass is 16.5. The van der Waals surface area contributed by atoms with Gasteiger partial charge in [-0.1, -0.05) is 13.0 Å². The van der Waals surface area contributed by atoms with Gasteiger partial charge in [-0.2, -0.15) is 0 Å². The molecular formula is C15H23NO2. The molecule has 2 rings (SSSR count). The van der Waals surface area contributed by atoms with Gasteiger partial charge in [-0.3, -0.25) is 0 Å². The Morgan fingerprint density at radius 3 is 2.67 bits per heavy atom. The standard InChI is InChI=1S/C15H23NO2/c1-4-10-16(12-8-9-12)13-6-5-7-14(18-3)15(13)11(2)17/h5-7,11-12,17H,4,8-10H2,1-3H3/t11-/m0/s1. The van der Waals surface area contributed by atoms with E-state index in [1.54, 1.807) is 14.0 Å². The number of benzene rings is 1. The number of ether oxygens (including phenoxy) is 1. The summed E-state index contributed by atoms with van der Waals surface area (Å²) in [5.74, 6) is 0.782. The van der Waals surface area contributed by atoms with Crippen molar-refractivity contribution in [1.82, 2.24) is 0 Å². The van der Waals surface area contributed by atoms with Crippen molar-refractivity contribution in [3.8, 4) is 5.75 Å². The molecule has 1 aromatic carbocycles. The molecule has 1 saturated carbocycles. The predicted molar refractivity (Wildman–Crippen MR) is 74.3 cm³/mol. The molecule has 0 bridgehead atoms. The molecule has 0 aliphatic heterocycles. The van der Waals surface area contributed by atoms with Crippen LogP contribution in [-0.2, 0) is 0 Å². The zero-order valence-corrected chi connectivity index (χ0v) is 11.5. The first-order valence-corrected chi connectivity index (χ1v) is 6.80. The quantitative estimate of drug-likeness (QED) is 0.840. The fourth-order valence-electron chi connectivity index (χ4n) is 2.51. The topological polar surface area (TPSA) is 32.7 Å². The van der Waals surface area contributed by atoms with E-state index in [0.29, 0.717) is 6.04 Å². The first kappa shape index (κ1) is 13.2. The number of aliphatic hydroxyl groups excluding tert-OH is 1. The van der Waals surface area contributed by atoms with Gasteiger partial charge in [0.05, 0.1) is 13.2 Å². The van der Waals surface area contributed by atoms with E-state index < -0.39 is 6.10 Å². The van der Waals surface area contributed by atoms with Crippen LogP contribution in [0.5, 0.6) is 5.75 Å². The van der Waals surface area contributed by atoms with Gasteiger partial charge in [0.1, 0.15) is 5.75 Å². The molecule has 0 unspecified atom stereocenters. The molecule has 3 heteroatoms. The maximum atomic E-state index is 10.0. The van der Waals surface area contributed by atoms with Gasteiger partial charge >= 0.3 is 0 Å². The highest BCUT2D eigenvalue weighted by Gasteiger charge is 2.31. The molecule has 1 atom stereocenters. The Labute approximate surface area is 109 Å². The van der Waals surface area contributed by atoms with Crippen LogP contribution in [0, 0.1) is 0 Å². The van der Waals surface area contributed by atoms with E-state index >= 15 is 0 Å². The number of rotatable bonds is 6. The monoisotopic (exact) mass is 249 g/mol. The average Bonchev–Trinajstić information content (AvgIpc) is 3.19. The lowest BCUT2D eigenvalue weighted by Gasteiger charge is -2.28. The molecule has 1 aliphatic carbocycles. The van der Waals surface area contributed by atoms with Crippen molar-refractivity contribution >= 4 is 5.69 Å². The normalized spacial score (nSPS) is 16.4. The van der Waals surface area contributed by atoms with Gasteiger partial charge in [0.15, 0.2) is 0 Å². The summed E-state index contributed by atoms with van der Waals surface area (Å²) in [5, 5.41) is 10.0. The molecule has 3 nitrogen and oxygen atoms in total. The fourth-order valence-corrected chi connectivity index (χ4v) is 2.51. The van der Waals surface area contributed by atoms with Crippen molar-refractivity contribution in [2.24, 2.45) is 0 Å². The van der Waals surface area contributed by atoms with Gasteiger partial charge in [-0.15, -0.1) is 0 Å². The molecule has 0 saturated heterocycles. The Balaban J connectivity index is 2.40. The third kappa shape index (κ3) is 2.61. The molecule has 18 heavy (non-hydrogen) atoms. The van der Waals surface area contributed by atoms with E-state index in [4.69, 9.17) is 4.74 Å². The van der Waals surface area contributed by atoms with Crippen LogP contribution in [0.3, 0.4) is 0 Å². The minimum atomic E-state index is -0.505. The minimum Gasteiger partial charge on any atom is -0.496 e. The second kappa shape index (κ2) is 5.61. The van der Waals surface area contributed by atoms with Crippen LogP contribution >= 0.6 is 0 Å². The van der Waals surface area contributed by atoms with Crippen molar-refractivity contribution in [3.63, 3.8) is 0 Å². The van der Waals surface area contributed by atoms with Crippen LogP contribution in [0.25, 0.3) is 0 Å². The van der Waals surface area contributed by atoms with E-state index in [9.17, 15) is 5.11 Å². The van der Waals surface area contributed by atoms with E-state index in [1.807, 2.05) is 12.1 Å². The maximum Gasteiger partial charge on any atom is 0.126 e. The summed E-state index contributed by atoms with van der Waals surface area (Å²) in [7, 11) is 1.66. The Kier molecular flexibility index (Phi) is 4.12. The molecule has 0 spiro atoms. The first-order chi connectivity index (χ1) is 8.69. The SMILES string of the molecule is CCCN(c1cccc(OC)c1[C@H](C)O)C1CC1. The van der Waals surface area contributed by atoms with Crippen LogP contribution in [0.4, 0.5) is 5.69 Å². The lowest BCUT2D eigenvalue weighted by Crippen LogP contribution is -2.28. The molecule has 0 amide bonds. The summed E-state index contributed by atoms with van der Waals surface area (Å²) < 4.78 is 5.39. The summed E-state index contributed by atoms with van der Waals surface area (Å²) in [5.41, 5.74) is 2.05. The second-order valence-corrected chi connectivity index (χ2v) is 4.99. The number of aliphatic hydroxyl groups is 1. The van der Waals surface area contributed by atoms with Crippen molar-refractivity contribution in [3.05, 3.63) is 23.8 Å². The lowest BCUT2D eigenvalue weighted by atomic mass is 10.1. The molecule has 0 aromatic heterocycles. The Morgan fingerprint density at radius 1 is 1.44 bits per heavy atom. The van der Waals surface area contributed by atoms with E-state index in [-0.39, 0.29) is 0 Å². The average molecular weight is 249 g/mol. The second-order valence-electron chi connectivity index (χ2n) is 4.99. The molecule has 0 heterocycles. The van der Waals surface area contributed by atoms with Gasteiger partial charge in [0.2, 0.25) is 0 Å². The van der Waals surface area contributed by atoms with Gasteiger partial charge in [0, 0.05) is 23.8 Å². The van der Waals surface area contributed by atoms with Gasteiger partial charge in [-0.05, 0) is 38.3 Å². The first-order valence-electron chi connectivity index (χ1n) is 6.80. The van der Waals surface area contributed by atoms with Gasteiger partial charge in [-0.25, -0.2) is 0 Å². The zero-order valence-electron chi connectivity index (χ0n) is 11.5. The Hall–Kier alpha value is -1.22. The Morgan fingerprint density at radius 2 is 2.17 bits per heavy atom. The third-order valence-electron chi connectivity index (χ3n) is 3.44. The maximum absolute atomic E-state index is 10.0. The van der Waals surface area contributed by atoms with E-state index in [0.717, 1.165) is 30.0 Å². The molecular weight excluding hydrogens is 226 g/mol. The third-order valence-corrected chi connectivity index (χ3v) is 3.44. The number of nitrogens with zero attached hydrogens (tertiary/aromatic N) is 1. The number of anilines is 1. The van der Waals surface area contributed by atoms with Crippen LogP contribution in [0.1, 0.15) is 44.8 Å². The smallest absolute Gasteiger partial charge is 0.126 e. The van der Waals surface area contributed by atoms with Crippen LogP contribution < -0.4 is 9.64 Å². The van der Waals surface area contributed by atoms with Crippen molar-refractivity contribution in [1.29, 1.82) is 0 Å². The van der Waals surface area contributed by atoms with Crippen LogP contribution in [0.2, 0.25) is 0 Å². The summed E-state index contributed by atoms with van der Waals surface area (Å²) >= 11 is 0. The summed E-state index contributed by atoms with van der Waals surface area (Å²) in [6, 6.07) is 6.67. The molecule has 1 N–H and O–H groups in total. The summed E-state index contributed by atoms with van der Waals surface area (Å²) in [6.45, 7) is 5.04. The molecule has 1 aromatic rings.